The third kappa shape index (κ3) is 4.99. The average Bonchev–Trinajstić information content (AvgIpc) is 3.07. The van der Waals surface area contributed by atoms with Gasteiger partial charge in [-0.25, -0.2) is 9.51 Å². The topological polar surface area (TPSA) is 67.7 Å². The van der Waals surface area contributed by atoms with E-state index < -0.39 is 0 Å². The Morgan fingerprint density at radius 2 is 2.11 bits per heavy atom. The minimum atomic E-state index is 0.109. The zero-order valence-electron chi connectivity index (χ0n) is 15.3. The quantitative estimate of drug-likeness (QED) is 0.232. The minimum Gasteiger partial charge on any atom is -0.383 e. The Labute approximate surface area is 183 Å². The summed E-state index contributed by atoms with van der Waals surface area (Å²) in [5.74, 6) is 0.251. The lowest BCUT2D eigenvalue weighted by Gasteiger charge is -2.25. The molecule has 0 aromatic carbocycles. The van der Waals surface area contributed by atoms with Crippen molar-refractivity contribution < 1.29 is 0 Å². The van der Waals surface area contributed by atoms with Gasteiger partial charge in [0.05, 0.1) is 28.0 Å². The lowest BCUT2D eigenvalue weighted by molar-refractivity contribution is 0.463. The van der Waals surface area contributed by atoms with Crippen LogP contribution in [0.5, 0.6) is 0 Å². The molecule has 0 spiro atoms. The second-order valence-electron chi connectivity index (χ2n) is 6.63. The van der Waals surface area contributed by atoms with Crippen LogP contribution in [0.2, 0.25) is 0 Å². The first-order chi connectivity index (χ1) is 13.5. The maximum absolute atomic E-state index is 6.29. The van der Waals surface area contributed by atoms with Gasteiger partial charge in [0.25, 0.3) is 0 Å². The first-order valence-corrected chi connectivity index (χ1v) is 10.7. The van der Waals surface area contributed by atoms with Crippen molar-refractivity contribution in [1.29, 1.82) is 0 Å². The summed E-state index contributed by atoms with van der Waals surface area (Å²) in [6.45, 7) is 3.60. The van der Waals surface area contributed by atoms with Crippen LogP contribution in [0.4, 0.5) is 5.69 Å². The summed E-state index contributed by atoms with van der Waals surface area (Å²) in [5.41, 5.74) is 8.81. The van der Waals surface area contributed by atoms with Gasteiger partial charge in [-0.1, -0.05) is 61.2 Å². The zero-order chi connectivity index (χ0) is 20.1. The fourth-order valence-electron chi connectivity index (χ4n) is 3.26. The van der Waals surface area contributed by atoms with Crippen molar-refractivity contribution in [2.45, 2.75) is 38.1 Å². The molecule has 1 aliphatic rings. The van der Waals surface area contributed by atoms with E-state index in [9.17, 15) is 0 Å². The molecule has 2 aromatic heterocycles. The van der Waals surface area contributed by atoms with E-state index in [1.54, 1.807) is 24.4 Å². The molecule has 0 saturated heterocycles. The minimum absolute atomic E-state index is 0.109. The van der Waals surface area contributed by atoms with Crippen molar-refractivity contribution in [3.63, 3.8) is 0 Å². The smallest absolute Gasteiger partial charge is 0.150 e. The van der Waals surface area contributed by atoms with Crippen molar-refractivity contribution >= 4 is 56.2 Å². The number of aliphatic imine (C=N–C) groups is 1. The van der Waals surface area contributed by atoms with E-state index in [0.29, 0.717) is 11.6 Å². The second-order valence-corrected chi connectivity index (χ2v) is 8.31. The maximum Gasteiger partial charge on any atom is 0.150 e. The van der Waals surface area contributed by atoms with Gasteiger partial charge in [-0.15, -0.1) is 0 Å². The molecule has 0 amide bonds. The number of anilines is 1. The maximum atomic E-state index is 6.29. The largest absolute Gasteiger partial charge is 0.383 e. The SMILES string of the molecule is C=C\C=C/C(Cl)=C(Cl)/N=C(\N)c1cnn2cc(Br)cc2c1NC1CCCCC1. The van der Waals surface area contributed by atoms with Crippen LogP contribution in [0.1, 0.15) is 37.7 Å². The number of fused-ring (bicyclic) bond motifs is 1. The lowest BCUT2D eigenvalue weighted by Crippen LogP contribution is -2.25. The Balaban J connectivity index is 2.03. The third-order valence-electron chi connectivity index (χ3n) is 4.63. The van der Waals surface area contributed by atoms with Crippen LogP contribution in [-0.4, -0.2) is 21.5 Å². The van der Waals surface area contributed by atoms with Gasteiger partial charge < -0.3 is 11.1 Å². The van der Waals surface area contributed by atoms with Crippen LogP contribution in [0.15, 0.2) is 62.9 Å². The summed E-state index contributed by atoms with van der Waals surface area (Å²) >= 11 is 15.9. The number of amidine groups is 1. The number of rotatable bonds is 6. The molecule has 2 heterocycles. The van der Waals surface area contributed by atoms with E-state index in [1.165, 1.54) is 19.3 Å². The fraction of sp³-hybridized carbons (Fsp3) is 0.300. The standard InChI is InChI=1S/C20H22BrCl2N5/c1-2-3-9-16(22)19(23)27-20(24)15-11-25-28-12-13(21)10-17(28)18(15)26-14-7-5-4-6-8-14/h2-3,9-12,14,26H,1,4-8H2,(H2,24,27)/b9-3-,19-16-. The summed E-state index contributed by atoms with van der Waals surface area (Å²) in [5, 5.41) is 8.50. The molecule has 5 nitrogen and oxygen atoms in total. The monoisotopic (exact) mass is 481 g/mol. The summed E-state index contributed by atoms with van der Waals surface area (Å²) < 4.78 is 2.75. The number of nitrogens with zero attached hydrogens (tertiary/aromatic N) is 3. The van der Waals surface area contributed by atoms with E-state index >= 15 is 0 Å². The summed E-state index contributed by atoms with van der Waals surface area (Å²) in [7, 11) is 0. The van der Waals surface area contributed by atoms with Crippen LogP contribution >= 0.6 is 39.1 Å². The van der Waals surface area contributed by atoms with Gasteiger partial charge in [-0.2, -0.15) is 5.10 Å². The van der Waals surface area contributed by atoms with E-state index in [0.717, 1.165) is 28.5 Å². The normalized spacial score (nSPS) is 17.2. The number of allylic oxidation sites excluding steroid dienone is 4. The van der Waals surface area contributed by atoms with Crippen molar-refractivity contribution in [3.8, 4) is 0 Å². The number of halogens is 3. The molecule has 1 saturated carbocycles. The molecular formula is C20H22BrCl2N5. The summed E-state index contributed by atoms with van der Waals surface area (Å²) in [4.78, 5) is 4.29. The van der Waals surface area contributed by atoms with Gasteiger partial charge in [-0.05, 0) is 40.9 Å². The van der Waals surface area contributed by atoms with Crippen LogP contribution in [0.25, 0.3) is 5.52 Å². The first-order valence-electron chi connectivity index (χ1n) is 9.12. The van der Waals surface area contributed by atoms with Crippen LogP contribution < -0.4 is 11.1 Å². The van der Waals surface area contributed by atoms with Crippen molar-refractivity contribution in [2.75, 3.05) is 5.32 Å². The molecular weight excluding hydrogens is 461 g/mol. The van der Waals surface area contributed by atoms with E-state index in [2.05, 4.69) is 37.9 Å². The van der Waals surface area contributed by atoms with Gasteiger partial charge in [0.2, 0.25) is 0 Å². The summed E-state index contributed by atoms with van der Waals surface area (Å²) in [6, 6.07) is 2.40. The number of aromatic nitrogens is 2. The second kappa shape index (κ2) is 9.63. The Kier molecular flexibility index (Phi) is 7.21. The number of nitrogens with one attached hydrogen (secondary N) is 1. The number of hydrogen-bond donors (Lipinski definition) is 2. The molecule has 0 unspecified atom stereocenters. The van der Waals surface area contributed by atoms with Gasteiger partial charge in [0.1, 0.15) is 11.0 Å². The molecule has 0 bridgehead atoms. The Bertz CT molecular complexity index is 955. The van der Waals surface area contributed by atoms with Gasteiger partial charge in [0, 0.05) is 16.7 Å². The fourth-order valence-corrected chi connectivity index (χ4v) is 3.94. The molecule has 0 radical (unpaired) electrons. The predicted molar refractivity (Wildman–Crippen MR) is 122 cm³/mol. The van der Waals surface area contributed by atoms with Crippen LogP contribution in [-0.2, 0) is 0 Å². The van der Waals surface area contributed by atoms with Crippen LogP contribution in [0, 0.1) is 0 Å². The highest BCUT2D eigenvalue weighted by atomic mass is 79.9. The molecule has 2 aromatic rings. The molecule has 28 heavy (non-hydrogen) atoms. The Hall–Kier alpha value is -1.76. The highest BCUT2D eigenvalue weighted by molar-refractivity contribution is 9.10. The Morgan fingerprint density at radius 3 is 2.82 bits per heavy atom. The summed E-state index contributed by atoms with van der Waals surface area (Å²) in [6.07, 6.45) is 14.5. The molecule has 3 rings (SSSR count). The van der Waals surface area contributed by atoms with Crippen molar-refractivity contribution in [1.82, 2.24) is 9.61 Å². The molecule has 1 fully saturated rings. The van der Waals surface area contributed by atoms with Crippen LogP contribution in [0.3, 0.4) is 0 Å². The van der Waals surface area contributed by atoms with E-state index in [-0.39, 0.29) is 16.0 Å². The average molecular weight is 483 g/mol. The Morgan fingerprint density at radius 1 is 1.36 bits per heavy atom. The molecule has 0 aliphatic heterocycles. The molecule has 3 N–H and O–H groups in total. The van der Waals surface area contributed by atoms with Gasteiger partial charge >= 0.3 is 0 Å². The highest BCUT2D eigenvalue weighted by Crippen LogP contribution is 2.30. The van der Waals surface area contributed by atoms with E-state index in [1.807, 2.05) is 16.8 Å². The number of nitrogens with two attached hydrogens (primary N) is 1. The van der Waals surface area contributed by atoms with E-state index in [4.69, 9.17) is 28.9 Å². The molecule has 1 aliphatic carbocycles. The molecule has 0 atom stereocenters. The highest BCUT2D eigenvalue weighted by Gasteiger charge is 2.19. The molecule has 8 heteroatoms. The zero-order valence-corrected chi connectivity index (χ0v) is 18.4. The van der Waals surface area contributed by atoms with Gasteiger partial charge in [0.15, 0.2) is 0 Å². The number of hydrogen-bond acceptors (Lipinski definition) is 3. The predicted octanol–water partition coefficient (Wildman–Crippen LogP) is 5.94. The molecule has 148 valence electrons. The van der Waals surface area contributed by atoms with Crippen molar-refractivity contribution in [2.24, 2.45) is 10.7 Å². The lowest BCUT2D eigenvalue weighted by atomic mass is 9.95. The third-order valence-corrected chi connectivity index (χ3v) is 5.75. The van der Waals surface area contributed by atoms with Gasteiger partial charge in [-0.3, -0.25) is 0 Å². The van der Waals surface area contributed by atoms with Crippen molar-refractivity contribution in [3.05, 3.63) is 63.5 Å². The first kappa shape index (κ1) is 21.0.